The summed E-state index contributed by atoms with van der Waals surface area (Å²) in [6, 6.07) is 16.0. The van der Waals surface area contributed by atoms with E-state index in [9.17, 15) is 4.79 Å². The summed E-state index contributed by atoms with van der Waals surface area (Å²) in [7, 11) is 0. The highest BCUT2D eigenvalue weighted by Gasteiger charge is 2.08. The molecule has 1 aromatic heterocycles. The monoisotopic (exact) mass is 345 g/mol. The first kappa shape index (κ1) is 17.7. The van der Waals surface area contributed by atoms with Gasteiger partial charge in [-0.1, -0.05) is 25.1 Å². The Morgan fingerprint density at radius 1 is 0.885 bits per heavy atom. The van der Waals surface area contributed by atoms with E-state index in [0.717, 1.165) is 34.6 Å². The van der Waals surface area contributed by atoms with Crippen LogP contribution in [0.5, 0.6) is 0 Å². The van der Waals surface area contributed by atoms with E-state index in [0.29, 0.717) is 5.56 Å². The van der Waals surface area contributed by atoms with Gasteiger partial charge in [0.2, 0.25) is 0 Å². The van der Waals surface area contributed by atoms with Gasteiger partial charge in [0, 0.05) is 17.6 Å². The normalized spacial score (nSPS) is 10.4. The van der Waals surface area contributed by atoms with Crippen LogP contribution in [0, 0.1) is 13.8 Å². The molecule has 0 unspecified atom stereocenters. The molecule has 0 saturated heterocycles. The average molecular weight is 345 g/mol. The van der Waals surface area contributed by atoms with Crippen molar-refractivity contribution in [2.75, 3.05) is 10.6 Å². The summed E-state index contributed by atoms with van der Waals surface area (Å²) in [5, 5.41) is 6.23. The lowest BCUT2D eigenvalue weighted by Gasteiger charge is -2.10. The van der Waals surface area contributed by atoms with Crippen LogP contribution in [0.15, 0.2) is 60.9 Å². The van der Waals surface area contributed by atoms with E-state index in [1.807, 2.05) is 38.1 Å². The Labute approximate surface area is 154 Å². The molecule has 1 heterocycles. The van der Waals surface area contributed by atoms with Crippen LogP contribution in [0.2, 0.25) is 0 Å². The highest BCUT2D eigenvalue weighted by Crippen LogP contribution is 2.19. The highest BCUT2D eigenvalue weighted by atomic mass is 16.1. The lowest BCUT2D eigenvalue weighted by molar-refractivity contribution is 0.102. The molecule has 132 valence electrons. The molecule has 4 nitrogen and oxygen atoms in total. The zero-order chi connectivity index (χ0) is 18.5. The number of rotatable bonds is 5. The zero-order valence-corrected chi connectivity index (χ0v) is 15.3. The number of hydrogen-bond acceptors (Lipinski definition) is 3. The highest BCUT2D eigenvalue weighted by molar-refractivity contribution is 6.04. The first-order chi connectivity index (χ1) is 12.5. The van der Waals surface area contributed by atoms with Crippen molar-refractivity contribution < 1.29 is 4.79 Å². The van der Waals surface area contributed by atoms with Crippen molar-refractivity contribution in [1.29, 1.82) is 0 Å². The SMILES string of the molecule is CCc1ccc(Nc2cncc(C(=O)Nc3cc(C)cc(C)c3)c2)cc1. The van der Waals surface area contributed by atoms with Crippen molar-refractivity contribution >= 4 is 23.0 Å². The molecule has 3 aromatic rings. The second-order valence-electron chi connectivity index (χ2n) is 6.47. The molecule has 0 spiro atoms. The number of nitrogens with zero attached hydrogens (tertiary/aromatic N) is 1. The van der Waals surface area contributed by atoms with Crippen LogP contribution < -0.4 is 10.6 Å². The largest absolute Gasteiger partial charge is 0.354 e. The molecule has 0 bridgehead atoms. The van der Waals surface area contributed by atoms with Gasteiger partial charge in [0.05, 0.1) is 17.4 Å². The van der Waals surface area contributed by atoms with E-state index >= 15 is 0 Å². The third-order valence-electron chi connectivity index (χ3n) is 4.13. The maximum atomic E-state index is 12.5. The lowest BCUT2D eigenvalue weighted by atomic mass is 10.1. The fourth-order valence-corrected chi connectivity index (χ4v) is 2.87. The number of aromatic nitrogens is 1. The molecule has 0 aliphatic carbocycles. The molecular formula is C22H23N3O. The Hall–Kier alpha value is -3.14. The van der Waals surface area contributed by atoms with Crippen molar-refractivity contribution in [1.82, 2.24) is 4.98 Å². The Morgan fingerprint density at radius 2 is 1.58 bits per heavy atom. The molecule has 0 fully saturated rings. The summed E-state index contributed by atoms with van der Waals surface area (Å²) in [6.07, 6.45) is 4.29. The van der Waals surface area contributed by atoms with Crippen LogP contribution in [-0.2, 0) is 6.42 Å². The summed E-state index contributed by atoms with van der Waals surface area (Å²) >= 11 is 0. The van der Waals surface area contributed by atoms with Crippen molar-refractivity contribution in [3.63, 3.8) is 0 Å². The summed E-state index contributed by atoms with van der Waals surface area (Å²) in [5.74, 6) is -0.174. The maximum Gasteiger partial charge on any atom is 0.257 e. The van der Waals surface area contributed by atoms with Crippen LogP contribution in [-0.4, -0.2) is 10.9 Å². The van der Waals surface area contributed by atoms with Gasteiger partial charge in [0.15, 0.2) is 0 Å². The minimum absolute atomic E-state index is 0.174. The number of nitrogens with one attached hydrogen (secondary N) is 2. The molecule has 0 radical (unpaired) electrons. The number of pyridine rings is 1. The molecule has 0 aliphatic rings. The topological polar surface area (TPSA) is 54.0 Å². The van der Waals surface area contributed by atoms with Gasteiger partial charge >= 0.3 is 0 Å². The molecule has 1 amide bonds. The first-order valence-electron chi connectivity index (χ1n) is 8.74. The summed E-state index contributed by atoms with van der Waals surface area (Å²) < 4.78 is 0. The predicted octanol–water partition coefficient (Wildman–Crippen LogP) is 5.26. The molecule has 3 rings (SSSR count). The number of carbonyl (C=O) groups excluding carboxylic acids is 1. The molecular weight excluding hydrogens is 322 g/mol. The van der Waals surface area contributed by atoms with Gasteiger partial charge in [-0.05, 0) is 67.3 Å². The molecule has 4 heteroatoms. The number of aryl methyl sites for hydroxylation is 3. The quantitative estimate of drug-likeness (QED) is 0.663. The Balaban J connectivity index is 1.74. The summed E-state index contributed by atoms with van der Waals surface area (Å²) in [4.78, 5) is 16.7. The smallest absolute Gasteiger partial charge is 0.257 e. The first-order valence-corrected chi connectivity index (χ1v) is 8.74. The van der Waals surface area contributed by atoms with Gasteiger partial charge in [-0.25, -0.2) is 0 Å². The molecule has 0 saturated carbocycles. The lowest BCUT2D eigenvalue weighted by Crippen LogP contribution is -2.12. The van der Waals surface area contributed by atoms with Crippen LogP contribution in [0.25, 0.3) is 0 Å². The number of carbonyl (C=O) groups is 1. The molecule has 0 atom stereocenters. The van der Waals surface area contributed by atoms with Gasteiger partial charge < -0.3 is 10.6 Å². The van der Waals surface area contributed by atoms with E-state index in [1.165, 1.54) is 5.56 Å². The fourth-order valence-electron chi connectivity index (χ4n) is 2.87. The number of hydrogen-bond donors (Lipinski definition) is 2. The van der Waals surface area contributed by atoms with E-state index in [-0.39, 0.29) is 5.91 Å². The van der Waals surface area contributed by atoms with Gasteiger partial charge in [0.1, 0.15) is 0 Å². The van der Waals surface area contributed by atoms with Gasteiger partial charge in [-0.2, -0.15) is 0 Å². The molecule has 2 aromatic carbocycles. The van der Waals surface area contributed by atoms with E-state index in [4.69, 9.17) is 0 Å². The average Bonchev–Trinajstić information content (AvgIpc) is 2.62. The predicted molar refractivity (Wildman–Crippen MR) is 107 cm³/mol. The summed E-state index contributed by atoms with van der Waals surface area (Å²) in [6.45, 7) is 6.15. The zero-order valence-electron chi connectivity index (χ0n) is 15.3. The standard InChI is InChI=1S/C22H23N3O/c1-4-17-5-7-19(8-6-17)24-21-12-18(13-23-14-21)22(26)25-20-10-15(2)9-16(3)11-20/h5-14,24H,4H2,1-3H3,(H,25,26). The van der Waals surface area contributed by atoms with Crippen LogP contribution in [0.1, 0.15) is 34.0 Å². The number of anilines is 3. The van der Waals surface area contributed by atoms with Crippen LogP contribution in [0.3, 0.4) is 0 Å². The van der Waals surface area contributed by atoms with E-state index in [1.54, 1.807) is 18.5 Å². The van der Waals surface area contributed by atoms with Crippen LogP contribution in [0.4, 0.5) is 17.1 Å². The van der Waals surface area contributed by atoms with Crippen molar-refractivity contribution in [2.24, 2.45) is 0 Å². The minimum Gasteiger partial charge on any atom is -0.354 e. The Kier molecular flexibility index (Phi) is 5.32. The second-order valence-corrected chi connectivity index (χ2v) is 6.47. The van der Waals surface area contributed by atoms with Gasteiger partial charge in [-0.3, -0.25) is 9.78 Å². The molecule has 2 N–H and O–H groups in total. The van der Waals surface area contributed by atoms with Gasteiger partial charge in [0.25, 0.3) is 5.91 Å². The summed E-state index contributed by atoms with van der Waals surface area (Å²) in [5.41, 5.74) is 6.57. The van der Waals surface area contributed by atoms with E-state index < -0.39 is 0 Å². The molecule has 0 aliphatic heterocycles. The third-order valence-corrected chi connectivity index (χ3v) is 4.13. The molecule has 26 heavy (non-hydrogen) atoms. The van der Waals surface area contributed by atoms with Crippen LogP contribution >= 0.6 is 0 Å². The number of benzene rings is 2. The van der Waals surface area contributed by atoms with Gasteiger partial charge in [-0.15, -0.1) is 0 Å². The minimum atomic E-state index is -0.174. The van der Waals surface area contributed by atoms with Crippen molar-refractivity contribution in [3.05, 3.63) is 83.2 Å². The fraction of sp³-hybridized carbons (Fsp3) is 0.182. The maximum absolute atomic E-state index is 12.5. The van der Waals surface area contributed by atoms with Crippen molar-refractivity contribution in [3.8, 4) is 0 Å². The third kappa shape index (κ3) is 4.48. The van der Waals surface area contributed by atoms with Crippen molar-refractivity contribution in [2.45, 2.75) is 27.2 Å². The second kappa shape index (κ2) is 7.83. The number of amides is 1. The Bertz CT molecular complexity index is 897. The Morgan fingerprint density at radius 3 is 2.23 bits per heavy atom. The van der Waals surface area contributed by atoms with E-state index in [2.05, 4.69) is 40.7 Å².